The average molecular weight is 480 g/mol. The fourth-order valence-electron chi connectivity index (χ4n) is 3.08. The fourth-order valence-corrected chi connectivity index (χ4v) is 4.63. The number of nitrogens with one attached hydrogen (secondary N) is 2. The number of aryl methyl sites for hydroxylation is 1. The number of amides is 2. The molecule has 0 spiro atoms. The van der Waals surface area contributed by atoms with E-state index in [1.165, 1.54) is 30.0 Å². The Labute approximate surface area is 196 Å². The Morgan fingerprint density at radius 3 is 2.67 bits per heavy atom. The molecule has 0 saturated carbocycles. The van der Waals surface area contributed by atoms with Gasteiger partial charge >= 0.3 is 0 Å². The summed E-state index contributed by atoms with van der Waals surface area (Å²) in [5.74, 6) is -0.598. The number of nitro groups is 1. The molecule has 1 aromatic heterocycles. The first-order valence-electron chi connectivity index (χ1n) is 9.71. The highest BCUT2D eigenvalue weighted by molar-refractivity contribution is 8.01. The molecular weight excluding hydrogens is 462 g/mol. The fraction of sp³-hybridized carbons (Fsp3) is 0.0909. The monoisotopic (exact) mass is 479 g/mol. The van der Waals surface area contributed by atoms with Crippen LogP contribution in [0.5, 0.6) is 0 Å². The molecule has 0 fully saturated rings. The number of fused-ring (bicyclic) bond motifs is 1. The molecule has 0 atom stereocenters. The number of aromatic nitrogens is 2. The lowest BCUT2D eigenvalue weighted by Gasteiger charge is -2.08. The van der Waals surface area contributed by atoms with Gasteiger partial charge in [0.2, 0.25) is 11.0 Å². The van der Waals surface area contributed by atoms with E-state index in [0.29, 0.717) is 9.90 Å². The first-order valence-corrected chi connectivity index (χ1v) is 11.5. The zero-order valence-corrected chi connectivity index (χ0v) is 18.9. The maximum atomic E-state index is 12.4. The van der Waals surface area contributed by atoms with Crippen LogP contribution in [-0.4, -0.2) is 32.7 Å². The summed E-state index contributed by atoms with van der Waals surface area (Å²) in [6, 6.07) is 17.7. The Bertz CT molecular complexity index is 1370. The van der Waals surface area contributed by atoms with Gasteiger partial charge in [0.1, 0.15) is 0 Å². The second kappa shape index (κ2) is 9.76. The minimum absolute atomic E-state index is 0.121. The van der Waals surface area contributed by atoms with Gasteiger partial charge in [-0.1, -0.05) is 65.6 Å². The van der Waals surface area contributed by atoms with Gasteiger partial charge in [0.25, 0.3) is 11.6 Å². The molecule has 0 aliphatic carbocycles. The summed E-state index contributed by atoms with van der Waals surface area (Å²) >= 11 is 2.31. The highest BCUT2D eigenvalue weighted by Gasteiger charge is 2.17. The number of anilines is 2. The third-order valence-electron chi connectivity index (χ3n) is 4.69. The summed E-state index contributed by atoms with van der Waals surface area (Å²) in [5.41, 5.74) is 1.21. The van der Waals surface area contributed by atoms with Crippen LogP contribution >= 0.6 is 23.1 Å². The van der Waals surface area contributed by atoms with Gasteiger partial charge in [-0.25, -0.2) is 0 Å². The molecule has 0 bridgehead atoms. The number of thioether (sulfide) groups is 1. The smallest absolute Gasteiger partial charge is 0.273 e. The van der Waals surface area contributed by atoms with Crippen molar-refractivity contribution in [3.05, 3.63) is 81.9 Å². The van der Waals surface area contributed by atoms with E-state index in [1.54, 1.807) is 6.92 Å². The molecule has 0 aliphatic heterocycles. The average Bonchev–Trinajstić information content (AvgIpc) is 3.25. The van der Waals surface area contributed by atoms with Crippen molar-refractivity contribution >= 4 is 62.2 Å². The van der Waals surface area contributed by atoms with Crippen LogP contribution in [0.1, 0.15) is 15.9 Å². The second-order valence-electron chi connectivity index (χ2n) is 6.95. The SMILES string of the molecule is Cc1ccc(C(=O)Nc2nnc(SCC(=O)Nc3cccc4ccccc34)s2)cc1[N+](=O)[O-]. The standard InChI is InChI=1S/C22H17N5O4S2/c1-13-9-10-15(11-18(13)27(30)31)20(29)24-21-25-26-22(33-21)32-12-19(28)23-17-8-4-6-14-5-2-3-7-16(14)17/h2-11H,12H2,1H3,(H,23,28)(H,24,25,29). The van der Waals surface area contributed by atoms with E-state index in [4.69, 9.17) is 0 Å². The predicted octanol–water partition coefficient (Wildman–Crippen LogP) is 4.89. The highest BCUT2D eigenvalue weighted by Crippen LogP contribution is 2.27. The van der Waals surface area contributed by atoms with Crippen molar-refractivity contribution in [3.63, 3.8) is 0 Å². The number of carbonyl (C=O) groups is 2. The van der Waals surface area contributed by atoms with Gasteiger partial charge in [0.05, 0.1) is 10.7 Å². The van der Waals surface area contributed by atoms with Gasteiger partial charge in [-0.3, -0.25) is 25.0 Å². The number of benzene rings is 3. The Kier molecular flexibility index (Phi) is 6.61. The Hall–Kier alpha value is -3.83. The third-order valence-corrected chi connectivity index (χ3v) is 6.66. The van der Waals surface area contributed by atoms with Crippen LogP contribution in [0.3, 0.4) is 0 Å². The highest BCUT2D eigenvalue weighted by atomic mass is 32.2. The molecule has 33 heavy (non-hydrogen) atoms. The normalized spacial score (nSPS) is 10.7. The molecule has 9 nitrogen and oxygen atoms in total. The van der Waals surface area contributed by atoms with E-state index < -0.39 is 10.8 Å². The molecule has 11 heteroatoms. The van der Waals surface area contributed by atoms with Crippen LogP contribution in [0.25, 0.3) is 10.8 Å². The molecular formula is C22H17N5O4S2. The molecule has 0 saturated heterocycles. The van der Waals surface area contributed by atoms with Crippen molar-refractivity contribution in [2.75, 3.05) is 16.4 Å². The summed E-state index contributed by atoms with van der Waals surface area (Å²) in [4.78, 5) is 35.4. The Morgan fingerprint density at radius 2 is 1.85 bits per heavy atom. The molecule has 166 valence electrons. The molecule has 4 aromatic rings. The van der Waals surface area contributed by atoms with E-state index in [9.17, 15) is 19.7 Å². The van der Waals surface area contributed by atoms with Crippen molar-refractivity contribution in [2.45, 2.75) is 11.3 Å². The maximum Gasteiger partial charge on any atom is 0.273 e. The number of carbonyl (C=O) groups excluding carboxylic acids is 2. The van der Waals surface area contributed by atoms with Gasteiger partial charge in [0, 0.05) is 28.3 Å². The first-order chi connectivity index (χ1) is 15.9. The van der Waals surface area contributed by atoms with Crippen molar-refractivity contribution in [1.29, 1.82) is 0 Å². The van der Waals surface area contributed by atoms with Gasteiger partial charge in [-0.2, -0.15) is 0 Å². The Balaban J connectivity index is 1.35. The molecule has 4 rings (SSSR count). The summed E-state index contributed by atoms with van der Waals surface area (Å²) in [6.07, 6.45) is 0. The Morgan fingerprint density at radius 1 is 1.06 bits per heavy atom. The van der Waals surface area contributed by atoms with E-state index in [2.05, 4.69) is 20.8 Å². The van der Waals surface area contributed by atoms with Crippen LogP contribution in [-0.2, 0) is 4.79 Å². The third kappa shape index (κ3) is 5.33. The summed E-state index contributed by atoms with van der Waals surface area (Å²) in [5, 5.41) is 26.7. The van der Waals surface area contributed by atoms with Crippen LogP contribution in [0.4, 0.5) is 16.5 Å². The van der Waals surface area contributed by atoms with Crippen LogP contribution in [0, 0.1) is 17.0 Å². The molecule has 0 radical (unpaired) electrons. The largest absolute Gasteiger partial charge is 0.325 e. The summed E-state index contributed by atoms with van der Waals surface area (Å²) < 4.78 is 0.508. The maximum absolute atomic E-state index is 12.4. The molecule has 2 N–H and O–H groups in total. The first kappa shape index (κ1) is 22.4. The summed E-state index contributed by atoms with van der Waals surface area (Å²) in [7, 11) is 0. The second-order valence-corrected chi connectivity index (χ2v) is 9.15. The molecule has 3 aromatic carbocycles. The van der Waals surface area contributed by atoms with Crippen molar-refractivity contribution < 1.29 is 14.5 Å². The van der Waals surface area contributed by atoms with E-state index >= 15 is 0 Å². The molecule has 0 unspecified atom stereocenters. The van der Waals surface area contributed by atoms with Crippen LogP contribution < -0.4 is 10.6 Å². The lowest BCUT2D eigenvalue weighted by molar-refractivity contribution is -0.385. The van der Waals surface area contributed by atoms with Crippen molar-refractivity contribution in [3.8, 4) is 0 Å². The number of hydrogen-bond donors (Lipinski definition) is 2. The van der Waals surface area contributed by atoms with E-state index in [1.807, 2.05) is 42.5 Å². The quantitative estimate of drug-likeness (QED) is 0.167. The minimum atomic E-state index is -0.533. The topological polar surface area (TPSA) is 127 Å². The lowest BCUT2D eigenvalue weighted by Crippen LogP contribution is -2.14. The van der Waals surface area contributed by atoms with Crippen LogP contribution in [0.2, 0.25) is 0 Å². The zero-order chi connectivity index (χ0) is 23.4. The number of nitrogens with zero attached hydrogens (tertiary/aromatic N) is 3. The molecule has 0 aliphatic rings. The van der Waals surface area contributed by atoms with Gasteiger partial charge in [0.15, 0.2) is 4.34 Å². The number of rotatable bonds is 7. The minimum Gasteiger partial charge on any atom is -0.325 e. The van der Waals surface area contributed by atoms with Crippen LogP contribution in [0.15, 0.2) is 65.0 Å². The van der Waals surface area contributed by atoms with E-state index in [-0.39, 0.29) is 28.0 Å². The predicted molar refractivity (Wildman–Crippen MR) is 129 cm³/mol. The van der Waals surface area contributed by atoms with Crippen molar-refractivity contribution in [1.82, 2.24) is 10.2 Å². The molecule has 2 amide bonds. The zero-order valence-electron chi connectivity index (χ0n) is 17.3. The molecule has 1 heterocycles. The van der Waals surface area contributed by atoms with Crippen molar-refractivity contribution in [2.24, 2.45) is 0 Å². The summed E-state index contributed by atoms with van der Waals surface area (Å²) in [6.45, 7) is 1.60. The van der Waals surface area contributed by atoms with Gasteiger partial charge < -0.3 is 5.32 Å². The number of nitro benzene ring substituents is 1. The van der Waals surface area contributed by atoms with Gasteiger partial charge in [-0.15, -0.1) is 10.2 Å². The lowest BCUT2D eigenvalue weighted by atomic mass is 10.1. The number of hydrogen-bond acceptors (Lipinski definition) is 8. The van der Waals surface area contributed by atoms with Gasteiger partial charge in [-0.05, 0) is 24.4 Å². The van der Waals surface area contributed by atoms with E-state index in [0.717, 1.165) is 27.8 Å².